The van der Waals surface area contributed by atoms with Gasteiger partial charge < -0.3 is 19.4 Å². The quantitative estimate of drug-likeness (QED) is 0.718. The molecule has 0 spiro atoms. The van der Waals surface area contributed by atoms with Crippen molar-refractivity contribution in [2.75, 3.05) is 32.8 Å². The van der Waals surface area contributed by atoms with E-state index in [-0.39, 0.29) is 0 Å². The molecule has 0 aromatic carbocycles. The van der Waals surface area contributed by atoms with E-state index >= 15 is 0 Å². The second-order valence-electron chi connectivity index (χ2n) is 4.75. The highest BCUT2D eigenvalue weighted by atomic mass is 16.5. The molecule has 1 aliphatic rings. The van der Waals surface area contributed by atoms with Crippen molar-refractivity contribution in [1.82, 2.24) is 10.2 Å². The Hall–Kier alpha value is -0.840. The molecule has 1 saturated heterocycles. The topological polar surface area (TPSA) is 37.6 Å². The van der Waals surface area contributed by atoms with Crippen LogP contribution in [0.5, 0.6) is 0 Å². The molecular weight excluding hydrogens is 228 g/mol. The molecule has 0 saturated carbocycles. The largest absolute Gasteiger partial charge is 0.462 e. The molecule has 1 fully saturated rings. The van der Waals surface area contributed by atoms with Crippen molar-refractivity contribution in [2.24, 2.45) is 0 Å². The monoisotopic (exact) mass is 252 g/mol. The predicted molar refractivity (Wildman–Crippen MR) is 71.4 cm³/mol. The van der Waals surface area contributed by atoms with Gasteiger partial charge in [0.05, 0.1) is 13.2 Å². The van der Waals surface area contributed by atoms with Crippen molar-refractivity contribution in [1.29, 1.82) is 0 Å². The van der Waals surface area contributed by atoms with E-state index in [1.807, 2.05) is 12.1 Å². The molecule has 102 valence electrons. The number of likely N-dealkylation sites (tertiary alicyclic amines) is 1. The van der Waals surface area contributed by atoms with Gasteiger partial charge in [-0.25, -0.2) is 0 Å². The molecule has 2 heterocycles. The van der Waals surface area contributed by atoms with Crippen molar-refractivity contribution in [2.45, 2.75) is 32.9 Å². The van der Waals surface area contributed by atoms with Gasteiger partial charge >= 0.3 is 0 Å². The number of rotatable bonds is 8. The Balaban J connectivity index is 1.59. The third kappa shape index (κ3) is 4.44. The van der Waals surface area contributed by atoms with Crippen LogP contribution in [0, 0.1) is 0 Å². The lowest BCUT2D eigenvalue weighted by atomic mass is 10.4. The number of furan rings is 1. The van der Waals surface area contributed by atoms with Crippen LogP contribution >= 0.6 is 0 Å². The Morgan fingerprint density at radius 3 is 2.83 bits per heavy atom. The van der Waals surface area contributed by atoms with E-state index in [2.05, 4.69) is 17.1 Å². The van der Waals surface area contributed by atoms with Crippen molar-refractivity contribution in [3.8, 4) is 0 Å². The van der Waals surface area contributed by atoms with Gasteiger partial charge in [-0.3, -0.25) is 0 Å². The van der Waals surface area contributed by atoms with Crippen LogP contribution in [-0.4, -0.2) is 37.7 Å². The van der Waals surface area contributed by atoms with Crippen LogP contribution in [0.15, 0.2) is 16.5 Å². The minimum Gasteiger partial charge on any atom is -0.462 e. The summed E-state index contributed by atoms with van der Waals surface area (Å²) in [5, 5.41) is 3.24. The number of hydrogen-bond donors (Lipinski definition) is 1. The lowest BCUT2D eigenvalue weighted by molar-refractivity contribution is 0.0867. The molecule has 18 heavy (non-hydrogen) atoms. The fourth-order valence-electron chi connectivity index (χ4n) is 2.22. The lowest BCUT2D eigenvalue weighted by Gasteiger charge is -2.13. The Kier molecular flexibility index (Phi) is 5.71. The molecule has 2 rings (SSSR count). The highest BCUT2D eigenvalue weighted by molar-refractivity contribution is 5.06. The van der Waals surface area contributed by atoms with Crippen LogP contribution in [0.1, 0.15) is 31.3 Å². The van der Waals surface area contributed by atoms with Crippen LogP contribution < -0.4 is 5.32 Å². The van der Waals surface area contributed by atoms with Gasteiger partial charge in [0.15, 0.2) is 0 Å². The van der Waals surface area contributed by atoms with Crippen LogP contribution in [0.2, 0.25) is 0 Å². The van der Waals surface area contributed by atoms with E-state index in [9.17, 15) is 0 Å². The average Bonchev–Trinajstić information content (AvgIpc) is 3.04. The highest BCUT2D eigenvalue weighted by Gasteiger charge is 2.10. The summed E-state index contributed by atoms with van der Waals surface area (Å²) in [6.07, 6.45) is 2.68. The Morgan fingerprint density at radius 1 is 1.28 bits per heavy atom. The first-order chi connectivity index (χ1) is 8.88. The van der Waals surface area contributed by atoms with E-state index in [1.54, 1.807) is 0 Å². The van der Waals surface area contributed by atoms with Crippen LogP contribution in [0.25, 0.3) is 0 Å². The molecular formula is C14H24N2O2. The first kappa shape index (κ1) is 13.6. The normalized spacial score (nSPS) is 16.5. The average molecular weight is 252 g/mol. The van der Waals surface area contributed by atoms with Crippen LogP contribution in [-0.2, 0) is 17.9 Å². The van der Waals surface area contributed by atoms with Gasteiger partial charge in [-0.1, -0.05) is 6.92 Å². The fraction of sp³-hybridized carbons (Fsp3) is 0.714. The van der Waals surface area contributed by atoms with Gasteiger partial charge in [-0.05, 0) is 44.6 Å². The maximum absolute atomic E-state index is 5.66. The van der Waals surface area contributed by atoms with E-state index in [0.29, 0.717) is 6.61 Å². The molecule has 1 aromatic rings. The van der Waals surface area contributed by atoms with Gasteiger partial charge in [-0.2, -0.15) is 0 Å². The van der Waals surface area contributed by atoms with E-state index in [1.165, 1.54) is 25.9 Å². The number of ether oxygens (including phenoxy) is 1. The zero-order valence-corrected chi connectivity index (χ0v) is 11.3. The first-order valence-electron chi connectivity index (χ1n) is 6.97. The minimum atomic E-state index is 0.583. The molecule has 1 N–H and O–H groups in total. The molecule has 0 atom stereocenters. The summed E-state index contributed by atoms with van der Waals surface area (Å²) in [4.78, 5) is 2.46. The fourth-order valence-corrected chi connectivity index (χ4v) is 2.22. The molecule has 0 aliphatic carbocycles. The summed E-state index contributed by atoms with van der Waals surface area (Å²) in [6, 6.07) is 4.02. The second-order valence-corrected chi connectivity index (χ2v) is 4.75. The number of hydrogen-bond acceptors (Lipinski definition) is 4. The van der Waals surface area contributed by atoms with Crippen LogP contribution in [0.3, 0.4) is 0 Å². The Bertz CT molecular complexity index is 332. The SMILES string of the molecule is CCNCc1ccc(COCCN2CCCC2)o1. The lowest BCUT2D eigenvalue weighted by Crippen LogP contribution is -2.23. The van der Waals surface area contributed by atoms with Gasteiger partial charge in [-0.15, -0.1) is 0 Å². The maximum Gasteiger partial charge on any atom is 0.129 e. The Morgan fingerprint density at radius 2 is 2.06 bits per heavy atom. The molecule has 4 heteroatoms. The van der Waals surface area contributed by atoms with Crippen molar-refractivity contribution >= 4 is 0 Å². The highest BCUT2D eigenvalue weighted by Crippen LogP contribution is 2.10. The van der Waals surface area contributed by atoms with E-state index < -0.39 is 0 Å². The molecule has 0 amide bonds. The molecule has 4 nitrogen and oxygen atoms in total. The number of nitrogens with one attached hydrogen (secondary N) is 1. The van der Waals surface area contributed by atoms with Crippen molar-refractivity contribution in [3.05, 3.63) is 23.7 Å². The zero-order chi connectivity index (χ0) is 12.6. The standard InChI is InChI=1S/C14H24N2O2/c1-2-15-11-13-5-6-14(18-13)12-17-10-9-16-7-3-4-8-16/h5-6,15H,2-4,7-12H2,1H3. The molecule has 0 radical (unpaired) electrons. The molecule has 1 aromatic heterocycles. The van der Waals surface area contributed by atoms with Crippen molar-refractivity contribution in [3.63, 3.8) is 0 Å². The maximum atomic E-state index is 5.66. The third-order valence-corrected chi connectivity index (χ3v) is 3.26. The van der Waals surface area contributed by atoms with Gasteiger partial charge in [0.2, 0.25) is 0 Å². The zero-order valence-electron chi connectivity index (χ0n) is 11.3. The Labute approximate surface area is 109 Å². The van der Waals surface area contributed by atoms with E-state index in [0.717, 1.165) is 37.8 Å². The van der Waals surface area contributed by atoms with Gasteiger partial charge in [0.1, 0.15) is 18.1 Å². The van der Waals surface area contributed by atoms with Crippen LogP contribution in [0.4, 0.5) is 0 Å². The van der Waals surface area contributed by atoms with Gasteiger partial charge in [0, 0.05) is 6.54 Å². The van der Waals surface area contributed by atoms with E-state index in [4.69, 9.17) is 9.15 Å². The second kappa shape index (κ2) is 7.56. The summed E-state index contributed by atoms with van der Waals surface area (Å²) in [6.45, 7) is 8.74. The predicted octanol–water partition coefficient (Wildman–Crippen LogP) is 2.00. The smallest absolute Gasteiger partial charge is 0.129 e. The molecule has 0 bridgehead atoms. The third-order valence-electron chi connectivity index (χ3n) is 3.26. The summed E-state index contributed by atoms with van der Waals surface area (Å²) in [7, 11) is 0. The molecule has 0 unspecified atom stereocenters. The minimum absolute atomic E-state index is 0.583. The summed E-state index contributed by atoms with van der Waals surface area (Å²) < 4.78 is 11.3. The number of nitrogens with zero attached hydrogens (tertiary/aromatic N) is 1. The van der Waals surface area contributed by atoms with Crippen molar-refractivity contribution < 1.29 is 9.15 Å². The summed E-state index contributed by atoms with van der Waals surface area (Å²) in [5.74, 6) is 1.90. The first-order valence-corrected chi connectivity index (χ1v) is 6.97. The van der Waals surface area contributed by atoms with Gasteiger partial charge in [0.25, 0.3) is 0 Å². The summed E-state index contributed by atoms with van der Waals surface area (Å²) >= 11 is 0. The summed E-state index contributed by atoms with van der Waals surface area (Å²) in [5.41, 5.74) is 0. The molecule has 1 aliphatic heterocycles.